The molecule has 2 aromatic heterocycles. The summed E-state index contributed by atoms with van der Waals surface area (Å²) in [7, 11) is 0. The summed E-state index contributed by atoms with van der Waals surface area (Å²) in [6.45, 7) is 0. The van der Waals surface area contributed by atoms with Crippen molar-refractivity contribution in [2.45, 2.75) is 0 Å². The van der Waals surface area contributed by atoms with E-state index in [2.05, 4.69) is 4.98 Å². The highest BCUT2D eigenvalue weighted by Crippen LogP contribution is 2.32. The van der Waals surface area contributed by atoms with E-state index in [0.717, 1.165) is 15.1 Å². The zero-order valence-electron chi connectivity index (χ0n) is 9.71. The van der Waals surface area contributed by atoms with Gasteiger partial charge in [-0.2, -0.15) is 0 Å². The van der Waals surface area contributed by atoms with E-state index in [1.165, 1.54) is 17.4 Å². The van der Waals surface area contributed by atoms with Gasteiger partial charge >= 0.3 is 5.97 Å². The number of hydrogen-bond acceptors (Lipinski definition) is 3. The minimum atomic E-state index is -1.21. The predicted octanol–water partition coefficient (Wildman–Crippen LogP) is 2.95. The number of aromatic amines is 1. The number of aromatic carboxylic acids is 1. The summed E-state index contributed by atoms with van der Waals surface area (Å²) in [4.78, 5) is 26.1. The lowest BCUT2D eigenvalue weighted by molar-refractivity contribution is 0.0695. The first-order valence-corrected chi connectivity index (χ1v) is 6.42. The first kappa shape index (κ1) is 11.7. The highest BCUT2D eigenvalue weighted by molar-refractivity contribution is 7.22. The number of nitrogens with one attached hydrogen (secondary N) is 1. The van der Waals surface area contributed by atoms with Crippen LogP contribution in [-0.4, -0.2) is 16.1 Å². The molecular weight excluding hydrogens is 262 g/mol. The minimum Gasteiger partial charge on any atom is -0.477 e. The van der Waals surface area contributed by atoms with Crippen LogP contribution in [0.25, 0.3) is 20.7 Å². The van der Waals surface area contributed by atoms with Gasteiger partial charge in [0.05, 0.1) is 10.2 Å². The van der Waals surface area contributed by atoms with E-state index >= 15 is 0 Å². The van der Waals surface area contributed by atoms with Gasteiger partial charge in [-0.25, -0.2) is 4.79 Å². The van der Waals surface area contributed by atoms with Gasteiger partial charge in [0.1, 0.15) is 5.56 Å². The van der Waals surface area contributed by atoms with Crippen LogP contribution in [0.4, 0.5) is 0 Å². The fourth-order valence-corrected chi connectivity index (χ4v) is 2.96. The molecule has 1 aromatic carbocycles. The molecule has 19 heavy (non-hydrogen) atoms. The molecule has 0 unspecified atom stereocenters. The molecule has 0 aliphatic carbocycles. The number of carbonyl (C=O) groups is 1. The summed E-state index contributed by atoms with van der Waals surface area (Å²) in [5, 5.41) is 8.93. The molecule has 0 aliphatic heterocycles. The average molecular weight is 271 g/mol. The topological polar surface area (TPSA) is 70.2 Å². The zero-order chi connectivity index (χ0) is 13.4. The molecule has 0 spiro atoms. The lowest BCUT2D eigenvalue weighted by Gasteiger charge is -1.93. The van der Waals surface area contributed by atoms with E-state index in [0.29, 0.717) is 5.52 Å². The van der Waals surface area contributed by atoms with Crippen molar-refractivity contribution in [2.75, 3.05) is 0 Å². The molecule has 2 N–H and O–H groups in total. The summed E-state index contributed by atoms with van der Waals surface area (Å²) in [5.41, 5.74) is 0.909. The highest BCUT2D eigenvalue weighted by atomic mass is 32.1. The summed E-state index contributed by atoms with van der Waals surface area (Å²) >= 11 is 1.46. The van der Waals surface area contributed by atoms with Crippen molar-refractivity contribution in [1.29, 1.82) is 0 Å². The number of fused-ring (bicyclic) bond motifs is 1. The van der Waals surface area contributed by atoms with E-state index in [1.54, 1.807) is 0 Å². The van der Waals surface area contributed by atoms with Gasteiger partial charge in [0.25, 0.3) is 5.56 Å². The molecule has 3 rings (SSSR count). The number of H-pyrrole nitrogens is 1. The molecule has 0 amide bonds. The van der Waals surface area contributed by atoms with Crippen LogP contribution in [-0.2, 0) is 0 Å². The lowest BCUT2D eigenvalue weighted by Crippen LogP contribution is -2.16. The first-order chi connectivity index (χ1) is 9.15. The van der Waals surface area contributed by atoms with Gasteiger partial charge in [-0.3, -0.25) is 4.79 Å². The van der Waals surface area contributed by atoms with Crippen LogP contribution in [0.2, 0.25) is 0 Å². The first-order valence-electron chi connectivity index (χ1n) is 5.61. The summed E-state index contributed by atoms with van der Waals surface area (Å²) in [6.07, 6.45) is 0. The van der Waals surface area contributed by atoms with Crippen molar-refractivity contribution in [2.24, 2.45) is 0 Å². The minimum absolute atomic E-state index is 0.228. The third kappa shape index (κ3) is 2.04. The molecule has 0 saturated carbocycles. The van der Waals surface area contributed by atoms with Gasteiger partial charge < -0.3 is 10.1 Å². The molecule has 4 nitrogen and oxygen atoms in total. The van der Waals surface area contributed by atoms with Crippen LogP contribution in [0.5, 0.6) is 0 Å². The molecule has 94 valence electrons. The Kier molecular flexibility index (Phi) is 2.68. The van der Waals surface area contributed by atoms with Crippen molar-refractivity contribution in [3.63, 3.8) is 0 Å². The van der Waals surface area contributed by atoms with Crippen molar-refractivity contribution >= 4 is 27.5 Å². The van der Waals surface area contributed by atoms with Crippen LogP contribution in [0, 0.1) is 0 Å². The van der Waals surface area contributed by atoms with Crippen molar-refractivity contribution < 1.29 is 9.90 Å². The second-order valence-corrected chi connectivity index (χ2v) is 5.16. The molecule has 0 saturated heterocycles. The van der Waals surface area contributed by atoms with Gasteiger partial charge in [-0.15, -0.1) is 11.3 Å². The molecule has 2 heterocycles. The fourth-order valence-electron chi connectivity index (χ4n) is 1.90. The maximum Gasteiger partial charge on any atom is 0.341 e. The zero-order valence-corrected chi connectivity index (χ0v) is 10.5. The molecular formula is C14H9NO3S. The molecule has 0 fully saturated rings. The molecule has 5 heteroatoms. The number of carboxylic acids is 1. The number of rotatable bonds is 2. The number of thiophene rings is 1. The van der Waals surface area contributed by atoms with Crippen molar-refractivity contribution in [3.8, 4) is 10.4 Å². The Morgan fingerprint density at radius 2 is 1.89 bits per heavy atom. The SMILES string of the molecule is O=C(O)c1cc2sc(-c3ccccc3)cc2[nH]c1=O. The monoisotopic (exact) mass is 271 g/mol. The van der Waals surface area contributed by atoms with Crippen molar-refractivity contribution in [1.82, 2.24) is 4.98 Å². The number of benzene rings is 1. The van der Waals surface area contributed by atoms with Crippen LogP contribution in [0.3, 0.4) is 0 Å². The molecule has 0 atom stereocenters. The maximum absolute atomic E-state index is 11.6. The number of carboxylic acid groups (broad SMARTS) is 1. The second-order valence-electron chi connectivity index (χ2n) is 4.07. The van der Waals surface area contributed by atoms with Gasteiger partial charge in [0.2, 0.25) is 0 Å². The Hall–Kier alpha value is -2.40. The van der Waals surface area contributed by atoms with E-state index in [1.807, 2.05) is 36.4 Å². The Bertz CT molecular complexity index is 818. The number of hydrogen-bond donors (Lipinski definition) is 2. The van der Waals surface area contributed by atoms with Gasteiger partial charge in [0, 0.05) is 4.88 Å². The van der Waals surface area contributed by atoms with Gasteiger partial charge in [-0.05, 0) is 17.7 Å². The lowest BCUT2D eigenvalue weighted by atomic mass is 10.2. The number of pyridine rings is 1. The molecule has 3 aromatic rings. The highest BCUT2D eigenvalue weighted by Gasteiger charge is 2.12. The largest absolute Gasteiger partial charge is 0.477 e. The second kappa shape index (κ2) is 4.37. The Balaban J connectivity index is 2.22. The van der Waals surface area contributed by atoms with Gasteiger partial charge in [-0.1, -0.05) is 30.3 Å². The third-order valence-corrected chi connectivity index (χ3v) is 3.95. The van der Waals surface area contributed by atoms with Crippen LogP contribution in [0.1, 0.15) is 10.4 Å². The summed E-state index contributed by atoms with van der Waals surface area (Å²) in [5.74, 6) is -1.21. The van der Waals surface area contributed by atoms with E-state index in [9.17, 15) is 9.59 Å². The Morgan fingerprint density at radius 1 is 1.16 bits per heavy atom. The summed E-state index contributed by atoms with van der Waals surface area (Å²) < 4.78 is 0.760. The van der Waals surface area contributed by atoms with Crippen LogP contribution >= 0.6 is 11.3 Å². The Morgan fingerprint density at radius 3 is 2.58 bits per heavy atom. The Labute approximate surface area is 112 Å². The van der Waals surface area contributed by atoms with E-state index in [-0.39, 0.29) is 5.56 Å². The predicted molar refractivity (Wildman–Crippen MR) is 74.8 cm³/mol. The number of aromatic nitrogens is 1. The standard InChI is InChI=1S/C14H9NO3S/c16-13-9(14(17)18)6-12-10(15-13)7-11(19-12)8-4-2-1-3-5-8/h1-7H,(H,15,16)(H,17,18). The van der Waals surface area contributed by atoms with E-state index in [4.69, 9.17) is 5.11 Å². The smallest absolute Gasteiger partial charge is 0.341 e. The van der Waals surface area contributed by atoms with E-state index < -0.39 is 11.5 Å². The molecule has 0 aliphatic rings. The molecule has 0 radical (unpaired) electrons. The van der Waals surface area contributed by atoms with Gasteiger partial charge in [0.15, 0.2) is 0 Å². The van der Waals surface area contributed by atoms with Crippen LogP contribution in [0.15, 0.2) is 47.3 Å². The average Bonchev–Trinajstić information content (AvgIpc) is 2.81. The quantitative estimate of drug-likeness (QED) is 0.752. The maximum atomic E-state index is 11.6. The summed E-state index contributed by atoms with van der Waals surface area (Å²) in [6, 6.07) is 13.0. The fraction of sp³-hybridized carbons (Fsp3) is 0. The van der Waals surface area contributed by atoms with Crippen molar-refractivity contribution in [3.05, 3.63) is 58.4 Å². The van der Waals surface area contributed by atoms with Crippen LogP contribution < -0.4 is 5.56 Å². The normalized spacial score (nSPS) is 10.7. The third-order valence-electron chi connectivity index (χ3n) is 2.82. The molecule has 0 bridgehead atoms.